The van der Waals surface area contributed by atoms with E-state index in [1.165, 1.54) is 32.2 Å². The zero-order valence-electron chi connectivity index (χ0n) is 9.87. The van der Waals surface area contributed by atoms with E-state index in [1.807, 2.05) is 0 Å². The van der Waals surface area contributed by atoms with Gasteiger partial charge in [-0.25, -0.2) is 4.79 Å². The lowest BCUT2D eigenvalue weighted by atomic mass is 9.95. The van der Waals surface area contributed by atoms with Gasteiger partial charge in [-0.2, -0.15) is 0 Å². The third-order valence-corrected chi connectivity index (χ3v) is 3.00. The smallest absolute Gasteiger partial charge is 0.331 e. The van der Waals surface area contributed by atoms with Crippen LogP contribution >= 0.6 is 0 Å². The van der Waals surface area contributed by atoms with Crippen molar-refractivity contribution in [3.8, 4) is 0 Å². The largest absolute Gasteiger partial charge is 0.466 e. The molecule has 0 aromatic carbocycles. The lowest BCUT2D eigenvalue weighted by molar-refractivity contribution is -0.134. The summed E-state index contributed by atoms with van der Waals surface area (Å²) < 4.78 is 4.46. The Labute approximate surface area is 96.7 Å². The van der Waals surface area contributed by atoms with Crippen LogP contribution in [0.2, 0.25) is 0 Å². The molecule has 0 unspecified atom stereocenters. The number of hydrogen-bond acceptors (Lipinski definition) is 4. The quantitative estimate of drug-likeness (QED) is 0.432. The fraction of sp³-hybridized carbons (Fsp3) is 0.750. The minimum Gasteiger partial charge on any atom is -0.466 e. The van der Waals surface area contributed by atoms with Gasteiger partial charge in [-0.15, -0.1) is 0 Å². The SMILES string of the molecule is COC(=O)/C=C/NCC1(O)CCCCCC1. The van der Waals surface area contributed by atoms with Gasteiger partial charge in [0.15, 0.2) is 0 Å². The molecule has 1 aliphatic rings. The molecule has 92 valence electrons. The lowest BCUT2D eigenvalue weighted by Gasteiger charge is -2.26. The topological polar surface area (TPSA) is 58.6 Å². The minimum atomic E-state index is -0.614. The Morgan fingerprint density at radius 3 is 2.56 bits per heavy atom. The highest BCUT2D eigenvalue weighted by Crippen LogP contribution is 2.26. The van der Waals surface area contributed by atoms with Crippen LogP contribution in [0.25, 0.3) is 0 Å². The maximum Gasteiger partial charge on any atom is 0.331 e. The molecule has 0 spiro atoms. The summed E-state index contributed by atoms with van der Waals surface area (Å²) in [7, 11) is 1.34. The van der Waals surface area contributed by atoms with Crippen molar-refractivity contribution in [3.63, 3.8) is 0 Å². The van der Waals surface area contributed by atoms with Gasteiger partial charge in [0.1, 0.15) is 0 Å². The number of ether oxygens (including phenoxy) is 1. The summed E-state index contributed by atoms with van der Waals surface area (Å²) >= 11 is 0. The Morgan fingerprint density at radius 1 is 1.38 bits per heavy atom. The van der Waals surface area contributed by atoms with Crippen molar-refractivity contribution < 1.29 is 14.6 Å². The van der Waals surface area contributed by atoms with Gasteiger partial charge in [-0.3, -0.25) is 0 Å². The second-order valence-corrected chi connectivity index (χ2v) is 4.38. The van der Waals surface area contributed by atoms with Gasteiger partial charge < -0.3 is 15.2 Å². The van der Waals surface area contributed by atoms with Crippen LogP contribution in [0.5, 0.6) is 0 Å². The number of nitrogens with one attached hydrogen (secondary N) is 1. The van der Waals surface area contributed by atoms with E-state index in [4.69, 9.17) is 0 Å². The van der Waals surface area contributed by atoms with E-state index in [-0.39, 0.29) is 5.97 Å². The van der Waals surface area contributed by atoms with Crippen molar-refractivity contribution in [2.75, 3.05) is 13.7 Å². The molecule has 0 heterocycles. The first kappa shape index (κ1) is 13.0. The molecule has 1 fully saturated rings. The fourth-order valence-electron chi connectivity index (χ4n) is 2.01. The zero-order chi connectivity index (χ0) is 11.9. The van der Waals surface area contributed by atoms with Crippen LogP contribution in [0.4, 0.5) is 0 Å². The maximum atomic E-state index is 10.8. The van der Waals surface area contributed by atoms with E-state index in [2.05, 4.69) is 10.1 Å². The van der Waals surface area contributed by atoms with Gasteiger partial charge in [0.05, 0.1) is 12.7 Å². The maximum absolute atomic E-state index is 10.8. The Morgan fingerprint density at radius 2 is 2.00 bits per heavy atom. The van der Waals surface area contributed by atoms with E-state index in [0.29, 0.717) is 6.54 Å². The Hall–Kier alpha value is -1.03. The van der Waals surface area contributed by atoms with Crippen LogP contribution in [0.3, 0.4) is 0 Å². The van der Waals surface area contributed by atoms with Crippen LogP contribution in [0.1, 0.15) is 38.5 Å². The summed E-state index contributed by atoms with van der Waals surface area (Å²) in [6, 6.07) is 0. The molecule has 0 atom stereocenters. The van der Waals surface area contributed by atoms with Crippen molar-refractivity contribution in [2.24, 2.45) is 0 Å². The zero-order valence-corrected chi connectivity index (χ0v) is 9.87. The predicted molar refractivity (Wildman–Crippen MR) is 61.8 cm³/mol. The molecule has 4 heteroatoms. The molecule has 2 N–H and O–H groups in total. The summed E-state index contributed by atoms with van der Waals surface area (Å²) in [6.45, 7) is 0.500. The van der Waals surface area contributed by atoms with Gasteiger partial charge in [0.2, 0.25) is 0 Å². The molecule has 0 bridgehead atoms. The average molecular weight is 227 g/mol. The standard InChI is InChI=1S/C12H21NO3/c1-16-11(14)6-9-13-10-12(15)7-4-2-3-5-8-12/h6,9,13,15H,2-5,7-8,10H2,1H3/b9-6+. The molecular weight excluding hydrogens is 206 g/mol. The second-order valence-electron chi connectivity index (χ2n) is 4.38. The first-order valence-corrected chi connectivity index (χ1v) is 5.87. The van der Waals surface area contributed by atoms with Crippen molar-refractivity contribution >= 4 is 5.97 Å². The van der Waals surface area contributed by atoms with Crippen molar-refractivity contribution in [1.82, 2.24) is 5.32 Å². The fourth-order valence-corrected chi connectivity index (χ4v) is 2.01. The molecule has 16 heavy (non-hydrogen) atoms. The van der Waals surface area contributed by atoms with E-state index in [1.54, 1.807) is 0 Å². The second kappa shape index (κ2) is 6.53. The van der Waals surface area contributed by atoms with Crippen LogP contribution < -0.4 is 5.32 Å². The van der Waals surface area contributed by atoms with Crippen molar-refractivity contribution in [1.29, 1.82) is 0 Å². The third kappa shape index (κ3) is 4.66. The minimum absolute atomic E-state index is 0.389. The van der Waals surface area contributed by atoms with Crippen molar-refractivity contribution in [3.05, 3.63) is 12.3 Å². The van der Waals surface area contributed by atoms with Gasteiger partial charge >= 0.3 is 5.97 Å². The first-order chi connectivity index (χ1) is 7.66. The highest BCUT2D eigenvalue weighted by atomic mass is 16.5. The van der Waals surface area contributed by atoms with E-state index in [0.717, 1.165) is 25.7 Å². The normalized spacial score (nSPS) is 20.4. The molecule has 0 saturated heterocycles. The van der Waals surface area contributed by atoms with E-state index in [9.17, 15) is 9.90 Å². The van der Waals surface area contributed by atoms with Gasteiger partial charge in [0, 0.05) is 18.8 Å². The average Bonchev–Trinajstić information content (AvgIpc) is 2.50. The number of esters is 1. The molecule has 1 rings (SSSR count). The number of carbonyl (C=O) groups is 1. The Balaban J connectivity index is 2.29. The lowest BCUT2D eigenvalue weighted by Crippen LogP contribution is -2.38. The molecule has 0 radical (unpaired) electrons. The monoisotopic (exact) mass is 227 g/mol. The van der Waals surface area contributed by atoms with Crippen LogP contribution in [-0.2, 0) is 9.53 Å². The van der Waals surface area contributed by atoms with Gasteiger partial charge in [0.25, 0.3) is 0 Å². The van der Waals surface area contributed by atoms with E-state index >= 15 is 0 Å². The summed E-state index contributed by atoms with van der Waals surface area (Å²) in [5.74, 6) is -0.389. The molecular formula is C12H21NO3. The third-order valence-electron chi connectivity index (χ3n) is 3.00. The summed E-state index contributed by atoms with van der Waals surface area (Å²) in [4.78, 5) is 10.8. The summed E-state index contributed by atoms with van der Waals surface area (Å²) in [6.07, 6.45) is 9.12. The van der Waals surface area contributed by atoms with Crippen LogP contribution in [-0.4, -0.2) is 30.3 Å². The molecule has 0 aromatic rings. The number of carbonyl (C=O) groups excluding carboxylic acids is 1. The summed E-state index contributed by atoms with van der Waals surface area (Å²) in [5, 5.41) is 13.2. The molecule has 1 aliphatic carbocycles. The number of hydrogen-bond donors (Lipinski definition) is 2. The molecule has 0 aliphatic heterocycles. The Bertz CT molecular complexity index is 243. The molecule has 1 saturated carbocycles. The van der Waals surface area contributed by atoms with E-state index < -0.39 is 5.60 Å². The van der Waals surface area contributed by atoms with Crippen LogP contribution in [0, 0.1) is 0 Å². The highest BCUT2D eigenvalue weighted by Gasteiger charge is 2.26. The number of aliphatic hydroxyl groups is 1. The van der Waals surface area contributed by atoms with Crippen LogP contribution in [0.15, 0.2) is 12.3 Å². The first-order valence-electron chi connectivity index (χ1n) is 5.87. The molecule has 0 aromatic heterocycles. The van der Waals surface area contributed by atoms with Crippen molar-refractivity contribution in [2.45, 2.75) is 44.1 Å². The molecule has 0 amide bonds. The summed E-state index contributed by atoms with van der Waals surface area (Å²) in [5.41, 5.74) is -0.614. The number of methoxy groups -OCH3 is 1. The van der Waals surface area contributed by atoms with Gasteiger partial charge in [-0.1, -0.05) is 25.7 Å². The number of rotatable bonds is 4. The predicted octanol–water partition coefficient (Wildman–Crippen LogP) is 1.35. The highest BCUT2D eigenvalue weighted by molar-refractivity contribution is 5.81. The molecule has 4 nitrogen and oxygen atoms in total. The van der Waals surface area contributed by atoms with Gasteiger partial charge in [-0.05, 0) is 12.8 Å². The Kier molecular flexibility index (Phi) is 5.32.